The number of ether oxygens (including phenoxy) is 1. The molecule has 3 N–H and O–H groups in total. The van der Waals surface area contributed by atoms with Crippen LogP contribution >= 0.6 is 0 Å². The molecule has 0 aliphatic heterocycles. The smallest absolute Gasteiger partial charge is 0.278 e. The largest absolute Gasteiger partial charge is 0.473 e. The summed E-state index contributed by atoms with van der Waals surface area (Å²) in [5.74, 6) is 0.598. The molecule has 0 atom stereocenters. The zero-order chi connectivity index (χ0) is 16.1. The number of carbonyl (C=O) groups is 1. The fraction of sp³-hybridized carbons (Fsp3) is 0.286. The molecule has 2 aromatic heterocycles. The van der Waals surface area contributed by atoms with E-state index < -0.39 is 0 Å². The highest BCUT2D eigenvalue weighted by molar-refractivity contribution is 5.92. The number of aryl methyl sites for hydroxylation is 1. The fourth-order valence-electron chi connectivity index (χ4n) is 1.96. The molecule has 3 aromatic rings. The van der Waals surface area contributed by atoms with Crippen LogP contribution in [0.3, 0.4) is 0 Å². The Morgan fingerprint density at radius 2 is 2.22 bits per heavy atom. The van der Waals surface area contributed by atoms with E-state index in [1.807, 2.05) is 24.3 Å². The van der Waals surface area contributed by atoms with Gasteiger partial charge in [0.2, 0.25) is 11.9 Å². The maximum atomic E-state index is 11.8. The minimum atomic E-state index is -0.191. The molecule has 0 aliphatic carbocycles. The molecule has 0 aliphatic rings. The topological polar surface area (TPSA) is 118 Å². The van der Waals surface area contributed by atoms with Crippen LogP contribution in [-0.2, 0) is 4.79 Å². The summed E-state index contributed by atoms with van der Waals surface area (Å²) >= 11 is 0. The first-order chi connectivity index (χ1) is 11.2. The summed E-state index contributed by atoms with van der Waals surface area (Å²) in [6.07, 6.45) is 0. The molecule has 0 unspecified atom stereocenters. The first-order valence-electron chi connectivity index (χ1n) is 7.09. The fourth-order valence-corrected chi connectivity index (χ4v) is 1.96. The van der Waals surface area contributed by atoms with Gasteiger partial charge in [0.1, 0.15) is 12.3 Å². The monoisotopic (exact) mass is 316 g/mol. The Morgan fingerprint density at radius 3 is 3.00 bits per heavy atom. The summed E-state index contributed by atoms with van der Waals surface area (Å²) in [5, 5.41) is 12.9. The van der Waals surface area contributed by atoms with Crippen LogP contribution < -0.4 is 15.4 Å². The van der Waals surface area contributed by atoms with Gasteiger partial charge in [0.15, 0.2) is 0 Å². The van der Waals surface area contributed by atoms with Gasteiger partial charge in [-0.25, -0.2) is 9.61 Å². The van der Waals surface area contributed by atoms with Gasteiger partial charge in [0.25, 0.3) is 5.88 Å². The summed E-state index contributed by atoms with van der Waals surface area (Å²) < 4.78 is 9.85. The Hall–Kier alpha value is -2.94. The van der Waals surface area contributed by atoms with E-state index in [2.05, 4.69) is 35.5 Å². The van der Waals surface area contributed by atoms with Crippen LogP contribution in [0.5, 0.6) is 5.88 Å². The van der Waals surface area contributed by atoms with Gasteiger partial charge in [-0.1, -0.05) is 17.3 Å². The number of rotatable bonds is 7. The second-order valence-corrected chi connectivity index (χ2v) is 4.83. The van der Waals surface area contributed by atoms with E-state index in [0.717, 1.165) is 11.0 Å². The number of carbonyl (C=O) groups excluding carboxylic acids is 1. The lowest BCUT2D eigenvalue weighted by Gasteiger charge is -2.05. The first-order valence-corrected chi connectivity index (χ1v) is 7.09. The molecule has 1 aromatic carbocycles. The lowest BCUT2D eigenvalue weighted by atomic mass is 10.3. The number of para-hydroxylation sites is 2. The molecular weight excluding hydrogens is 300 g/mol. The number of hydrogen-bond donors (Lipinski definition) is 3. The molecule has 9 heteroatoms. The van der Waals surface area contributed by atoms with Crippen LogP contribution in [0.25, 0.3) is 11.0 Å². The lowest BCUT2D eigenvalue weighted by Crippen LogP contribution is -2.31. The third-order valence-electron chi connectivity index (χ3n) is 3.06. The van der Waals surface area contributed by atoms with Crippen molar-refractivity contribution in [2.24, 2.45) is 0 Å². The van der Waals surface area contributed by atoms with E-state index in [0.29, 0.717) is 30.7 Å². The van der Waals surface area contributed by atoms with Crippen LogP contribution in [0.15, 0.2) is 28.9 Å². The van der Waals surface area contributed by atoms with Crippen molar-refractivity contribution in [3.8, 4) is 5.88 Å². The molecular formula is C14H16N6O3. The Labute approximate surface area is 131 Å². The number of hydrogen-bond acceptors (Lipinski definition) is 7. The number of anilines is 1. The molecule has 9 nitrogen and oxygen atoms in total. The molecule has 0 saturated carbocycles. The maximum absolute atomic E-state index is 11.8. The lowest BCUT2D eigenvalue weighted by molar-refractivity contribution is -0.115. The van der Waals surface area contributed by atoms with Gasteiger partial charge in [0, 0.05) is 6.54 Å². The van der Waals surface area contributed by atoms with Gasteiger partial charge in [-0.15, -0.1) is 0 Å². The first kappa shape index (κ1) is 15.0. The Morgan fingerprint density at radius 1 is 1.35 bits per heavy atom. The van der Waals surface area contributed by atoms with Crippen LogP contribution in [0, 0.1) is 6.92 Å². The van der Waals surface area contributed by atoms with E-state index in [1.165, 1.54) is 0 Å². The van der Waals surface area contributed by atoms with Crippen LogP contribution in [0.4, 0.5) is 5.95 Å². The van der Waals surface area contributed by atoms with Crippen molar-refractivity contribution in [1.29, 1.82) is 0 Å². The predicted molar refractivity (Wildman–Crippen MR) is 82.1 cm³/mol. The number of benzene rings is 1. The molecule has 0 saturated heterocycles. The van der Waals surface area contributed by atoms with Crippen LogP contribution in [0.2, 0.25) is 0 Å². The number of nitrogens with one attached hydrogen (secondary N) is 3. The molecule has 0 bridgehead atoms. The van der Waals surface area contributed by atoms with Crippen molar-refractivity contribution in [3.05, 3.63) is 30.0 Å². The summed E-state index contributed by atoms with van der Waals surface area (Å²) in [5.41, 5.74) is 2.27. The number of fused-ring (bicyclic) bond motifs is 1. The highest BCUT2D eigenvalue weighted by Crippen LogP contribution is 2.13. The Kier molecular flexibility index (Phi) is 4.48. The number of H-pyrrole nitrogens is 1. The Balaban J connectivity index is 1.38. The second kappa shape index (κ2) is 6.88. The van der Waals surface area contributed by atoms with Gasteiger partial charge in [0.05, 0.1) is 17.6 Å². The Bertz CT molecular complexity index is 764. The standard InChI is InChI=1S/C14H16N6O3/c1-9-13(20-23-19-9)22-7-6-15-8-12(21)18-14-16-10-4-2-3-5-11(10)17-14/h2-5,15H,6-8H2,1H3,(H2,16,17,18,21). The zero-order valence-corrected chi connectivity index (χ0v) is 12.5. The molecule has 0 fully saturated rings. The molecule has 0 spiro atoms. The van der Waals surface area contributed by atoms with Crippen molar-refractivity contribution >= 4 is 22.9 Å². The normalized spacial score (nSPS) is 10.8. The summed E-state index contributed by atoms with van der Waals surface area (Å²) in [6.45, 7) is 2.73. The number of imidazole rings is 1. The average molecular weight is 316 g/mol. The van der Waals surface area contributed by atoms with E-state index >= 15 is 0 Å². The predicted octanol–water partition coefficient (Wildman–Crippen LogP) is 0.861. The van der Waals surface area contributed by atoms with Crippen molar-refractivity contribution in [1.82, 2.24) is 25.6 Å². The van der Waals surface area contributed by atoms with Gasteiger partial charge >= 0.3 is 0 Å². The molecule has 2 heterocycles. The van der Waals surface area contributed by atoms with Crippen LogP contribution in [0.1, 0.15) is 5.69 Å². The third-order valence-corrected chi connectivity index (χ3v) is 3.06. The molecule has 23 heavy (non-hydrogen) atoms. The molecule has 1 amide bonds. The number of amides is 1. The highest BCUT2D eigenvalue weighted by atomic mass is 16.6. The van der Waals surface area contributed by atoms with Crippen molar-refractivity contribution in [2.75, 3.05) is 25.0 Å². The maximum Gasteiger partial charge on any atom is 0.278 e. The van der Waals surface area contributed by atoms with Gasteiger partial charge < -0.3 is 15.0 Å². The molecule has 0 radical (unpaired) electrons. The number of aromatic nitrogens is 4. The quantitative estimate of drug-likeness (QED) is 0.553. The minimum Gasteiger partial charge on any atom is -0.473 e. The number of aromatic amines is 1. The summed E-state index contributed by atoms with van der Waals surface area (Å²) in [6, 6.07) is 7.56. The van der Waals surface area contributed by atoms with Gasteiger partial charge in [-0.3, -0.25) is 10.1 Å². The van der Waals surface area contributed by atoms with E-state index in [9.17, 15) is 4.79 Å². The van der Waals surface area contributed by atoms with E-state index in [4.69, 9.17) is 4.74 Å². The van der Waals surface area contributed by atoms with E-state index in [1.54, 1.807) is 6.92 Å². The van der Waals surface area contributed by atoms with Crippen molar-refractivity contribution in [2.45, 2.75) is 6.92 Å². The third kappa shape index (κ3) is 3.83. The second-order valence-electron chi connectivity index (χ2n) is 4.83. The SMILES string of the molecule is Cc1nonc1OCCNCC(=O)Nc1nc2ccccc2[nH]1. The minimum absolute atomic E-state index is 0.149. The molecule has 120 valence electrons. The van der Waals surface area contributed by atoms with Crippen molar-refractivity contribution in [3.63, 3.8) is 0 Å². The summed E-state index contributed by atoms with van der Waals surface area (Å²) in [7, 11) is 0. The summed E-state index contributed by atoms with van der Waals surface area (Å²) in [4.78, 5) is 19.1. The highest BCUT2D eigenvalue weighted by Gasteiger charge is 2.07. The van der Waals surface area contributed by atoms with Gasteiger partial charge in [-0.2, -0.15) is 0 Å². The van der Waals surface area contributed by atoms with Gasteiger partial charge in [-0.05, 0) is 24.2 Å². The molecule has 3 rings (SSSR count). The van der Waals surface area contributed by atoms with Crippen molar-refractivity contribution < 1.29 is 14.2 Å². The zero-order valence-electron chi connectivity index (χ0n) is 12.5. The van der Waals surface area contributed by atoms with Crippen LogP contribution in [-0.4, -0.2) is 45.9 Å². The number of nitrogens with zero attached hydrogens (tertiary/aromatic N) is 3. The average Bonchev–Trinajstić information content (AvgIpc) is 3.12. The van der Waals surface area contributed by atoms with E-state index in [-0.39, 0.29) is 12.5 Å².